The zero-order valence-electron chi connectivity index (χ0n) is 10.1. The van der Waals surface area contributed by atoms with E-state index in [-0.39, 0.29) is 12.1 Å². The minimum Gasteiger partial charge on any atom is -0.467 e. The predicted molar refractivity (Wildman–Crippen MR) is 68.5 cm³/mol. The van der Waals surface area contributed by atoms with Crippen molar-refractivity contribution in [2.45, 2.75) is 13.0 Å². The summed E-state index contributed by atoms with van der Waals surface area (Å²) in [5, 5.41) is 2.85. The third-order valence-corrected chi connectivity index (χ3v) is 3.16. The molecular weight excluding hydrogens is 228 g/mol. The third-order valence-electron chi connectivity index (χ3n) is 3.16. The van der Waals surface area contributed by atoms with Gasteiger partial charge in [-0.3, -0.25) is 4.90 Å². The van der Waals surface area contributed by atoms with Crippen LogP contribution in [0.25, 0.3) is 0 Å². The van der Waals surface area contributed by atoms with Crippen LogP contribution in [0.2, 0.25) is 0 Å². The normalized spacial score (nSPS) is 19.1. The van der Waals surface area contributed by atoms with Gasteiger partial charge in [-0.2, -0.15) is 0 Å². The molecule has 1 aliphatic rings. The number of nitrogens with zero attached hydrogens (tertiary/aromatic N) is 1. The van der Waals surface area contributed by atoms with Gasteiger partial charge in [0, 0.05) is 12.2 Å². The highest BCUT2D eigenvalue weighted by Crippen LogP contribution is 2.30. The van der Waals surface area contributed by atoms with Crippen molar-refractivity contribution in [2.24, 2.45) is 0 Å². The number of nitrogens with one attached hydrogen (secondary N) is 1. The second-order valence-corrected chi connectivity index (χ2v) is 4.42. The molecule has 1 saturated heterocycles. The first-order chi connectivity index (χ1) is 8.75. The maximum Gasteiger partial charge on any atom is 0.322 e. The maximum atomic E-state index is 11.9. The van der Waals surface area contributed by atoms with Crippen molar-refractivity contribution in [1.29, 1.82) is 0 Å². The minimum absolute atomic E-state index is 0.0739. The van der Waals surface area contributed by atoms with Gasteiger partial charge < -0.3 is 9.73 Å². The van der Waals surface area contributed by atoms with Crippen molar-refractivity contribution in [1.82, 2.24) is 5.32 Å². The summed E-state index contributed by atoms with van der Waals surface area (Å²) >= 11 is 0. The summed E-state index contributed by atoms with van der Waals surface area (Å²) in [6.07, 6.45) is 1.63. The van der Waals surface area contributed by atoms with Crippen LogP contribution in [0.4, 0.5) is 10.5 Å². The first kappa shape index (κ1) is 10.9. The largest absolute Gasteiger partial charge is 0.467 e. The van der Waals surface area contributed by atoms with E-state index in [2.05, 4.69) is 5.32 Å². The molecule has 2 heterocycles. The maximum absolute atomic E-state index is 11.9. The van der Waals surface area contributed by atoms with Crippen molar-refractivity contribution in [3.8, 4) is 0 Å². The van der Waals surface area contributed by atoms with Crippen LogP contribution in [-0.2, 0) is 0 Å². The number of anilines is 1. The van der Waals surface area contributed by atoms with Crippen LogP contribution >= 0.6 is 0 Å². The first-order valence-electron chi connectivity index (χ1n) is 5.93. The summed E-state index contributed by atoms with van der Waals surface area (Å²) in [5.41, 5.74) is 2.06. The van der Waals surface area contributed by atoms with Crippen molar-refractivity contribution >= 4 is 11.7 Å². The van der Waals surface area contributed by atoms with Crippen LogP contribution in [0, 0.1) is 6.92 Å². The number of carbonyl (C=O) groups excluding carboxylic acids is 1. The van der Waals surface area contributed by atoms with Crippen LogP contribution < -0.4 is 10.2 Å². The molecule has 0 aliphatic carbocycles. The number of aryl methyl sites for hydroxylation is 1. The number of hydrogen-bond donors (Lipinski definition) is 1. The number of furan rings is 1. The Labute approximate surface area is 105 Å². The van der Waals surface area contributed by atoms with Crippen LogP contribution in [-0.4, -0.2) is 12.6 Å². The molecule has 2 aromatic rings. The SMILES string of the molecule is Cc1ccc(N2C(=O)NCC2c2ccco2)cc1. The van der Waals surface area contributed by atoms with Gasteiger partial charge in [0.1, 0.15) is 11.8 Å². The quantitative estimate of drug-likeness (QED) is 0.880. The van der Waals surface area contributed by atoms with E-state index in [9.17, 15) is 4.79 Å². The lowest BCUT2D eigenvalue weighted by Crippen LogP contribution is -2.29. The fraction of sp³-hybridized carbons (Fsp3) is 0.214. The molecule has 18 heavy (non-hydrogen) atoms. The lowest BCUT2D eigenvalue weighted by Gasteiger charge is -2.21. The van der Waals surface area contributed by atoms with E-state index >= 15 is 0 Å². The van der Waals surface area contributed by atoms with E-state index in [0.29, 0.717) is 6.54 Å². The summed E-state index contributed by atoms with van der Waals surface area (Å²) in [6, 6.07) is 11.5. The zero-order valence-corrected chi connectivity index (χ0v) is 10.1. The highest BCUT2D eigenvalue weighted by atomic mass is 16.3. The Balaban J connectivity index is 1.97. The lowest BCUT2D eigenvalue weighted by atomic mass is 10.1. The van der Waals surface area contributed by atoms with Crippen molar-refractivity contribution in [3.05, 3.63) is 54.0 Å². The van der Waals surface area contributed by atoms with E-state index in [4.69, 9.17) is 4.42 Å². The first-order valence-corrected chi connectivity index (χ1v) is 5.93. The molecule has 1 N–H and O–H groups in total. The number of amides is 2. The molecule has 3 rings (SSSR count). The Bertz CT molecular complexity index is 546. The number of benzene rings is 1. The van der Waals surface area contributed by atoms with Gasteiger partial charge >= 0.3 is 6.03 Å². The van der Waals surface area contributed by atoms with Crippen LogP contribution in [0.3, 0.4) is 0 Å². The fourth-order valence-corrected chi connectivity index (χ4v) is 2.21. The number of carbonyl (C=O) groups is 1. The molecule has 1 aromatic carbocycles. The molecule has 0 saturated carbocycles. The van der Waals surface area contributed by atoms with Gasteiger partial charge in [0.2, 0.25) is 0 Å². The topological polar surface area (TPSA) is 45.5 Å². The summed E-state index contributed by atoms with van der Waals surface area (Å²) in [5.74, 6) is 0.800. The molecule has 1 atom stereocenters. The smallest absolute Gasteiger partial charge is 0.322 e. The van der Waals surface area contributed by atoms with Crippen molar-refractivity contribution in [3.63, 3.8) is 0 Å². The average Bonchev–Trinajstić information content (AvgIpc) is 2.99. The molecule has 4 nitrogen and oxygen atoms in total. The fourth-order valence-electron chi connectivity index (χ4n) is 2.21. The van der Waals surface area contributed by atoms with Crippen LogP contribution in [0.5, 0.6) is 0 Å². The summed E-state index contributed by atoms with van der Waals surface area (Å²) in [4.78, 5) is 13.7. The zero-order chi connectivity index (χ0) is 12.5. The van der Waals surface area contributed by atoms with Gasteiger partial charge in [-0.1, -0.05) is 17.7 Å². The molecule has 2 amide bonds. The number of hydrogen-bond acceptors (Lipinski definition) is 2. The molecule has 1 aromatic heterocycles. The number of urea groups is 1. The van der Waals surface area contributed by atoms with Crippen molar-refractivity contribution in [2.75, 3.05) is 11.4 Å². The van der Waals surface area contributed by atoms with E-state index in [1.807, 2.05) is 43.3 Å². The van der Waals surface area contributed by atoms with Gasteiger partial charge in [-0.15, -0.1) is 0 Å². The summed E-state index contributed by atoms with van der Waals surface area (Å²) < 4.78 is 5.41. The monoisotopic (exact) mass is 242 g/mol. The molecular formula is C14H14N2O2. The minimum atomic E-state index is -0.0831. The molecule has 92 valence electrons. The highest BCUT2D eigenvalue weighted by Gasteiger charge is 2.34. The van der Waals surface area contributed by atoms with E-state index in [0.717, 1.165) is 11.4 Å². The Morgan fingerprint density at radius 1 is 1.28 bits per heavy atom. The van der Waals surface area contributed by atoms with Crippen LogP contribution in [0.15, 0.2) is 47.1 Å². The van der Waals surface area contributed by atoms with Crippen LogP contribution in [0.1, 0.15) is 17.4 Å². The molecule has 1 aliphatic heterocycles. The summed E-state index contributed by atoms with van der Waals surface area (Å²) in [6.45, 7) is 2.60. The Morgan fingerprint density at radius 3 is 2.72 bits per heavy atom. The Morgan fingerprint density at radius 2 is 2.06 bits per heavy atom. The molecule has 0 spiro atoms. The van der Waals surface area contributed by atoms with Gasteiger partial charge in [0.15, 0.2) is 0 Å². The predicted octanol–water partition coefficient (Wildman–Crippen LogP) is 2.86. The van der Waals surface area contributed by atoms with E-state index in [1.54, 1.807) is 11.2 Å². The number of rotatable bonds is 2. The third kappa shape index (κ3) is 1.76. The van der Waals surface area contributed by atoms with Gasteiger partial charge in [-0.05, 0) is 31.2 Å². The van der Waals surface area contributed by atoms with Crippen molar-refractivity contribution < 1.29 is 9.21 Å². The van der Waals surface area contributed by atoms with Gasteiger partial charge in [-0.25, -0.2) is 4.79 Å². The standard InChI is InChI=1S/C14H14N2O2/c1-10-4-6-11(7-5-10)16-12(9-15-14(16)17)13-3-2-8-18-13/h2-8,12H,9H2,1H3,(H,15,17). The molecule has 4 heteroatoms. The molecule has 1 unspecified atom stereocenters. The lowest BCUT2D eigenvalue weighted by molar-refractivity contribution is 0.251. The average molecular weight is 242 g/mol. The summed E-state index contributed by atoms with van der Waals surface area (Å²) in [7, 11) is 0. The second-order valence-electron chi connectivity index (χ2n) is 4.42. The molecule has 0 bridgehead atoms. The molecule has 1 fully saturated rings. The highest BCUT2D eigenvalue weighted by molar-refractivity contribution is 5.95. The van der Waals surface area contributed by atoms with Gasteiger partial charge in [0.25, 0.3) is 0 Å². The Kier molecular flexibility index (Phi) is 2.55. The van der Waals surface area contributed by atoms with E-state index < -0.39 is 0 Å². The Hall–Kier alpha value is -2.23. The van der Waals surface area contributed by atoms with E-state index in [1.165, 1.54) is 5.56 Å². The molecule has 0 radical (unpaired) electrons. The second kappa shape index (κ2) is 4.22. The van der Waals surface area contributed by atoms with Gasteiger partial charge in [0.05, 0.1) is 6.26 Å².